The van der Waals surface area contributed by atoms with Gasteiger partial charge in [-0.15, -0.1) is 0 Å². The Morgan fingerprint density at radius 2 is 2.07 bits per heavy atom. The summed E-state index contributed by atoms with van der Waals surface area (Å²) in [5.74, 6) is 0.975. The fourth-order valence-electron chi connectivity index (χ4n) is 3.04. The van der Waals surface area contributed by atoms with E-state index in [9.17, 15) is 4.79 Å². The Morgan fingerprint density at radius 1 is 1.18 bits per heavy atom. The molecule has 0 aliphatic heterocycles. The third-order valence-corrected chi connectivity index (χ3v) is 4.41. The summed E-state index contributed by atoms with van der Waals surface area (Å²) in [4.78, 5) is 24.1. The number of aliphatic hydroxyl groups excluding tert-OH is 1. The van der Waals surface area contributed by atoms with Gasteiger partial charge in [-0.05, 0) is 37.3 Å². The number of imidazole rings is 1. The third kappa shape index (κ3) is 3.65. The quantitative estimate of drug-likeness (QED) is 0.449. The second-order valence-corrected chi connectivity index (χ2v) is 6.46. The minimum Gasteiger partial charge on any atom is -0.489 e. The van der Waals surface area contributed by atoms with E-state index in [1.165, 1.54) is 0 Å². The van der Waals surface area contributed by atoms with Crippen LogP contribution in [0.15, 0.2) is 48.5 Å². The number of hydrogen-bond acceptors (Lipinski definition) is 5. The van der Waals surface area contributed by atoms with E-state index in [0.717, 1.165) is 16.6 Å². The van der Waals surface area contributed by atoms with Crippen molar-refractivity contribution in [2.75, 3.05) is 13.2 Å². The average Bonchev–Trinajstić information content (AvgIpc) is 3.13. The summed E-state index contributed by atoms with van der Waals surface area (Å²) in [7, 11) is 0. The number of pyridine rings is 1. The number of hydrogen-bond donors (Lipinski definition) is 3. The normalized spacial score (nSPS) is 11.1. The van der Waals surface area contributed by atoms with Crippen LogP contribution < -0.4 is 10.1 Å². The van der Waals surface area contributed by atoms with E-state index in [0.29, 0.717) is 41.3 Å². The number of nitrogens with zero attached hydrogens (tertiary/aromatic N) is 2. The zero-order valence-corrected chi connectivity index (χ0v) is 15.4. The minimum absolute atomic E-state index is 0.171. The number of aliphatic hydroxyl groups is 1. The number of carbonyl (C=O) groups is 1. The number of carbonyl (C=O) groups excluding carboxylic acids is 1. The molecule has 28 heavy (non-hydrogen) atoms. The maximum absolute atomic E-state index is 12.4. The highest BCUT2D eigenvalue weighted by Crippen LogP contribution is 2.23. The van der Waals surface area contributed by atoms with Gasteiger partial charge in [0.1, 0.15) is 30.3 Å². The molecule has 0 aliphatic rings. The lowest BCUT2D eigenvalue weighted by Gasteiger charge is -2.10. The fourth-order valence-corrected chi connectivity index (χ4v) is 3.04. The summed E-state index contributed by atoms with van der Waals surface area (Å²) in [5, 5.41) is 13.0. The van der Waals surface area contributed by atoms with Crippen LogP contribution >= 0.6 is 0 Å². The summed E-state index contributed by atoms with van der Waals surface area (Å²) in [5.41, 5.74) is 3.68. The van der Waals surface area contributed by atoms with E-state index < -0.39 is 0 Å². The Bertz CT molecular complexity index is 1150. The highest BCUT2D eigenvalue weighted by atomic mass is 16.5. The Balaban J connectivity index is 1.38. The fraction of sp³-hybridized carbons (Fsp3) is 0.190. The summed E-state index contributed by atoms with van der Waals surface area (Å²) in [6.45, 7) is 2.47. The molecule has 4 rings (SSSR count). The van der Waals surface area contributed by atoms with E-state index in [1.54, 1.807) is 18.2 Å². The van der Waals surface area contributed by atoms with Gasteiger partial charge >= 0.3 is 0 Å². The summed E-state index contributed by atoms with van der Waals surface area (Å²) in [6, 6.07) is 14.9. The molecule has 142 valence electrons. The van der Waals surface area contributed by atoms with Crippen LogP contribution in [0.5, 0.6) is 5.75 Å². The number of aryl methyl sites for hydroxylation is 1. The maximum atomic E-state index is 12.4. The van der Waals surface area contributed by atoms with E-state index >= 15 is 0 Å². The van der Waals surface area contributed by atoms with Gasteiger partial charge < -0.3 is 20.1 Å². The van der Waals surface area contributed by atoms with Crippen LogP contribution in [0.3, 0.4) is 0 Å². The first-order valence-electron chi connectivity index (χ1n) is 9.01. The van der Waals surface area contributed by atoms with Crippen LogP contribution in [0, 0.1) is 6.92 Å². The van der Waals surface area contributed by atoms with E-state index in [4.69, 9.17) is 9.84 Å². The first-order valence-corrected chi connectivity index (χ1v) is 9.01. The molecule has 7 heteroatoms. The molecule has 0 spiro atoms. The number of aromatic nitrogens is 3. The number of para-hydroxylation sites is 1. The topological polar surface area (TPSA) is 100 Å². The van der Waals surface area contributed by atoms with Gasteiger partial charge in [0.05, 0.1) is 17.6 Å². The van der Waals surface area contributed by atoms with Crippen molar-refractivity contribution in [1.82, 2.24) is 20.3 Å². The lowest BCUT2D eigenvalue weighted by molar-refractivity contribution is 0.0947. The van der Waals surface area contributed by atoms with Gasteiger partial charge in [-0.2, -0.15) is 0 Å². The Morgan fingerprint density at radius 3 is 2.93 bits per heavy atom. The number of aromatic amines is 1. The lowest BCUT2D eigenvalue weighted by atomic mass is 10.2. The van der Waals surface area contributed by atoms with Crippen molar-refractivity contribution in [1.29, 1.82) is 0 Å². The van der Waals surface area contributed by atoms with E-state index in [-0.39, 0.29) is 12.5 Å². The van der Waals surface area contributed by atoms with Crippen molar-refractivity contribution in [3.05, 3.63) is 65.6 Å². The number of benzene rings is 2. The Labute approximate surface area is 161 Å². The molecule has 3 N–H and O–H groups in total. The van der Waals surface area contributed by atoms with E-state index in [2.05, 4.69) is 20.3 Å². The summed E-state index contributed by atoms with van der Waals surface area (Å²) < 4.78 is 5.83. The van der Waals surface area contributed by atoms with Crippen LogP contribution in [-0.2, 0) is 6.61 Å². The third-order valence-electron chi connectivity index (χ3n) is 4.41. The maximum Gasteiger partial charge on any atom is 0.251 e. The highest BCUT2D eigenvalue weighted by molar-refractivity contribution is 5.97. The van der Waals surface area contributed by atoms with Crippen LogP contribution in [0.1, 0.15) is 21.9 Å². The number of H-pyrrole nitrogens is 1. The van der Waals surface area contributed by atoms with Gasteiger partial charge in [0.25, 0.3) is 5.91 Å². The van der Waals surface area contributed by atoms with Crippen LogP contribution in [0.25, 0.3) is 21.9 Å². The SMILES string of the molecule is Cc1ccc2cccc(OCCNC(=O)c3ccc4nc(CO)[nH]c4c3)c2n1. The monoisotopic (exact) mass is 376 g/mol. The molecule has 4 aromatic rings. The van der Waals surface area contributed by atoms with Gasteiger partial charge in [0.15, 0.2) is 0 Å². The highest BCUT2D eigenvalue weighted by Gasteiger charge is 2.09. The Kier molecular flexibility index (Phi) is 4.90. The predicted molar refractivity (Wildman–Crippen MR) is 106 cm³/mol. The first-order chi connectivity index (χ1) is 13.6. The average molecular weight is 376 g/mol. The zero-order valence-electron chi connectivity index (χ0n) is 15.4. The van der Waals surface area contributed by atoms with Crippen molar-refractivity contribution in [3.63, 3.8) is 0 Å². The van der Waals surface area contributed by atoms with E-state index in [1.807, 2.05) is 37.3 Å². The van der Waals surface area contributed by atoms with Crippen molar-refractivity contribution in [3.8, 4) is 5.75 Å². The van der Waals surface area contributed by atoms with Gasteiger partial charge in [-0.25, -0.2) is 9.97 Å². The molecule has 0 aliphatic carbocycles. The second kappa shape index (κ2) is 7.66. The van der Waals surface area contributed by atoms with Gasteiger partial charge in [0, 0.05) is 16.6 Å². The van der Waals surface area contributed by atoms with Gasteiger partial charge in [0.2, 0.25) is 0 Å². The molecule has 0 bridgehead atoms. The summed E-state index contributed by atoms with van der Waals surface area (Å²) in [6.07, 6.45) is 0. The second-order valence-electron chi connectivity index (χ2n) is 6.46. The van der Waals surface area contributed by atoms with Gasteiger partial charge in [-0.3, -0.25) is 4.79 Å². The molecule has 7 nitrogen and oxygen atoms in total. The number of amides is 1. The minimum atomic E-state index is -0.197. The summed E-state index contributed by atoms with van der Waals surface area (Å²) >= 11 is 0. The zero-order chi connectivity index (χ0) is 19.5. The molecule has 0 unspecified atom stereocenters. The van der Waals surface area contributed by atoms with Crippen LogP contribution in [0.2, 0.25) is 0 Å². The molecule has 0 atom stereocenters. The molecule has 1 amide bonds. The lowest BCUT2D eigenvalue weighted by Crippen LogP contribution is -2.28. The molecular formula is C21H20N4O3. The molecule has 0 saturated carbocycles. The number of fused-ring (bicyclic) bond motifs is 2. The van der Waals surface area contributed by atoms with Gasteiger partial charge in [-0.1, -0.05) is 18.2 Å². The number of nitrogens with one attached hydrogen (secondary N) is 2. The van der Waals surface area contributed by atoms with Crippen molar-refractivity contribution in [2.45, 2.75) is 13.5 Å². The molecule has 2 heterocycles. The number of ether oxygens (including phenoxy) is 1. The first kappa shape index (κ1) is 17.9. The molecule has 0 radical (unpaired) electrons. The molecular weight excluding hydrogens is 356 g/mol. The smallest absolute Gasteiger partial charge is 0.251 e. The standard InChI is InChI=1S/C21H20N4O3/c1-13-5-6-14-3-2-4-18(20(14)23-13)28-10-9-22-21(27)15-7-8-16-17(11-15)25-19(12-26)24-16/h2-8,11,26H,9-10,12H2,1H3,(H,22,27)(H,24,25). The van der Waals surface area contributed by atoms with Crippen molar-refractivity contribution < 1.29 is 14.6 Å². The van der Waals surface area contributed by atoms with Crippen molar-refractivity contribution in [2.24, 2.45) is 0 Å². The molecule has 2 aromatic heterocycles. The molecule has 2 aromatic carbocycles. The molecule has 0 fully saturated rings. The number of rotatable bonds is 6. The largest absolute Gasteiger partial charge is 0.489 e. The Hall–Kier alpha value is -3.45. The van der Waals surface area contributed by atoms with Crippen molar-refractivity contribution >= 4 is 27.8 Å². The molecule has 0 saturated heterocycles. The van der Waals surface area contributed by atoms with Crippen LogP contribution in [-0.4, -0.2) is 39.1 Å². The van der Waals surface area contributed by atoms with Crippen LogP contribution in [0.4, 0.5) is 0 Å². The predicted octanol–water partition coefficient (Wildman–Crippen LogP) is 2.72.